The molecule has 0 spiro atoms. The molecule has 0 radical (unpaired) electrons. The van der Waals surface area contributed by atoms with Crippen molar-refractivity contribution in [2.24, 2.45) is 28.6 Å². The van der Waals surface area contributed by atoms with Crippen molar-refractivity contribution in [3.8, 4) is 0 Å². The van der Waals surface area contributed by atoms with Gasteiger partial charge in [0, 0.05) is 12.3 Å². The number of fused-ring (bicyclic) bond motifs is 1. The monoisotopic (exact) mass is 376 g/mol. The molecule has 0 aliphatic heterocycles. The summed E-state index contributed by atoms with van der Waals surface area (Å²) in [4.78, 5) is 24.7. The van der Waals surface area contributed by atoms with Crippen molar-refractivity contribution in [3.63, 3.8) is 0 Å². The van der Waals surface area contributed by atoms with Gasteiger partial charge in [-0.05, 0) is 62.2 Å². The minimum absolute atomic E-state index is 0.0976. The molecular weight excluding hydrogens is 340 g/mol. The summed E-state index contributed by atoms with van der Waals surface area (Å²) in [7, 11) is 0. The maximum atomic E-state index is 12.4. The Kier molecular flexibility index (Phi) is 6.14. The van der Waals surface area contributed by atoms with E-state index in [0.29, 0.717) is 37.1 Å². The van der Waals surface area contributed by atoms with E-state index in [1.807, 2.05) is 6.08 Å². The lowest BCUT2D eigenvalue weighted by molar-refractivity contribution is -0.153. The van der Waals surface area contributed by atoms with Crippen LogP contribution in [0.3, 0.4) is 0 Å². The Balaban J connectivity index is 1.60. The molecule has 3 rings (SSSR count). The first-order valence-corrected chi connectivity index (χ1v) is 10.9. The molecule has 5 atom stereocenters. The molecule has 3 fully saturated rings. The van der Waals surface area contributed by atoms with Crippen LogP contribution in [-0.4, -0.2) is 29.6 Å². The maximum Gasteiger partial charge on any atom is 0.315 e. The van der Waals surface area contributed by atoms with E-state index in [0.717, 1.165) is 44.9 Å². The van der Waals surface area contributed by atoms with Crippen molar-refractivity contribution in [2.75, 3.05) is 6.61 Å². The third-order valence-electron chi connectivity index (χ3n) is 7.66. The fourth-order valence-corrected chi connectivity index (χ4v) is 5.64. The Bertz CT molecular complexity index is 591. The Hall–Kier alpha value is -1.16. The number of unbranched alkanes of at least 4 members (excludes halogenated alkanes) is 1. The van der Waals surface area contributed by atoms with Crippen molar-refractivity contribution in [1.82, 2.24) is 0 Å². The number of hydrogen-bond acceptors (Lipinski definition) is 4. The van der Waals surface area contributed by atoms with Gasteiger partial charge in [-0.3, -0.25) is 9.59 Å². The molecular formula is C23H36O4. The second-order valence-corrected chi connectivity index (χ2v) is 9.40. The van der Waals surface area contributed by atoms with Gasteiger partial charge < -0.3 is 9.84 Å². The van der Waals surface area contributed by atoms with E-state index < -0.39 is 11.5 Å². The normalized spacial score (nSPS) is 34.3. The van der Waals surface area contributed by atoms with E-state index >= 15 is 0 Å². The summed E-state index contributed by atoms with van der Waals surface area (Å²) in [5, 5.41) is 10.7. The molecule has 0 aromatic carbocycles. The Morgan fingerprint density at radius 3 is 2.70 bits per heavy atom. The molecule has 0 saturated heterocycles. The molecule has 0 bridgehead atoms. The van der Waals surface area contributed by atoms with Crippen molar-refractivity contribution >= 4 is 11.8 Å². The van der Waals surface area contributed by atoms with Gasteiger partial charge in [0.15, 0.2) is 0 Å². The summed E-state index contributed by atoms with van der Waals surface area (Å²) >= 11 is 0. The minimum Gasteiger partial charge on any atom is -0.465 e. The Morgan fingerprint density at radius 2 is 2.04 bits per heavy atom. The number of aliphatic hydroxyl groups excluding tert-OH is 1. The van der Waals surface area contributed by atoms with Crippen LogP contribution in [0.4, 0.5) is 0 Å². The van der Waals surface area contributed by atoms with Gasteiger partial charge in [-0.2, -0.15) is 0 Å². The van der Waals surface area contributed by atoms with Crippen molar-refractivity contribution in [3.05, 3.63) is 12.2 Å². The first kappa shape index (κ1) is 20.6. The number of esters is 1. The zero-order valence-corrected chi connectivity index (χ0v) is 17.2. The molecule has 0 aromatic heterocycles. The first-order chi connectivity index (χ1) is 12.8. The highest BCUT2D eigenvalue weighted by Gasteiger charge is 2.56. The highest BCUT2D eigenvalue weighted by Crippen LogP contribution is 2.57. The van der Waals surface area contributed by atoms with E-state index in [2.05, 4.69) is 26.8 Å². The molecule has 1 N–H and O–H groups in total. The van der Waals surface area contributed by atoms with Gasteiger partial charge in [-0.1, -0.05) is 39.3 Å². The number of rotatable bonds is 8. The van der Waals surface area contributed by atoms with E-state index in [1.165, 1.54) is 0 Å². The molecule has 0 amide bonds. The standard InChI is InChI=1S/C23H36O4/c1-4-5-15-27-21(26)23(13-14-23)20(25)11-8-16(2)17-9-10-18-19(24)7-6-12-22(17,18)3/h8,11,16-18,20,25H,4-7,9-10,12-15H2,1-3H3/t16-,17-,18+,20-,22-/m1/s1. The number of ether oxygens (including phenoxy) is 1. The third kappa shape index (κ3) is 3.87. The summed E-state index contributed by atoms with van der Waals surface area (Å²) in [6.07, 6.45) is 11.4. The summed E-state index contributed by atoms with van der Waals surface area (Å²) in [6.45, 7) is 6.99. The predicted molar refractivity (Wildman–Crippen MR) is 105 cm³/mol. The van der Waals surface area contributed by atoms with E-state index in [4.69, 9.17) is 4.74 Å². The van der Waals surface area contributed by atoms with Crippen LogP contribution in [0.25, 0.3) is 0 Å². The van der Waals surface area contributed by atoms with E-state index in [9.17, 15) is 14.7 Å². The molecule has 0 unspecified atom stereocenters. The van der Waals surface area contributed by atoms with Gasteiger partial charge in [0.05, 0.1) is 18.1 Å². The number of aliphatic hydroxyl groups is 1. The fraction of sp³-hybridized carbons (Fsp3) is 0.826. The smallest absolute Gasteiger partial charge is 0.315 e. The van der Waals surface area contributed by atoms with Crippen LogP contribution in [0, 0.1) is 28.6 Å². The molecule has 3 aliphatic rings. The van der Waals surface area contributed by atoms with Crippen LogP contribution in [0.15, 0.2) is 12.2 Å². The number of Topliss-reactive ketones (excluding diaryl/α,β-unsaturated/α-hetero) is 1. The van der Waals surface area contributed by atoms with Crippen LogP contribution in [0.5, 0.6) is 0 Å². The third-order valence-corrected chi connectivity index (χ3v) is 7.66. The average Bonchev–Trinajstić information content (AvgIpc) is 3.37. The quantitative estimate of drug-likeness (QED) is 0.386. The van der Waals surface area contributed by atoms with Gasteiger partial charge >= 0.3 is 5.97 Å². The van der Waals surface area contributed by atoms with Gasteiger partial charge in [0.1, 0.15) is 5.78 Å². The molecule has 0 aromatic rings. The molecule has 3 aliphatic carbocycles. The molecule has 4 heteroatoms. The highest BCUT2D eigenvalue weighted by atomic mass is 16.5. The van der Waals surface area contributed by atoms with Crippen LogP contribution in [-0.2, 0) is 14.3 Å². The second kappa shape index (κ2) is 8.06. The summed E-state index contributed by atoms with van der Waals surface area (Å²) in [6, 6.07) is 0. The molecule has 152 valence electrons. The number of carbonyl (C=O) groups excluding carboxylic acids is 2. The molecule has 4 nitrogen and oxygen atoms in total. The lowest BCUT2D eigenvalue weighted by Crippen LogP contribution is -2.39. The molecule has 27 heavy (non-hydrogen) atoms. The van der Waals surface area contributed by atoms with Crippen molar-refractivity contribution in [2.45, 2.75) is 84.7 Å². The average molecular weight is 377 g/mol. The Labute approximate surface area is 163 Å². The van der Waals surface area contributed by atoms with Crippen LogP contribution in [0.1, 0.15) is 78.6 Å². The highest BCUT2D eigenvalue weighted by molar-refractivity contribution is 5.83. The summed E-state index contributed by atoms with van der Waals surface area (Å²) in [5.41, 5.74) is -0.618. The largest absolute Gasteiger partial charge is 0.465 e. The second-order valence-electron chi connectivity index (χ2n) is 9.40. The topological polar surface area (TPSA) is 63.6 Å². The zero-order chi connectivity index (χ0) is 19.7. The minimum atomic E-state index is -0.771. The summed E-state index contributed by atoms with van der Waals surface area (Å²) < 4.78 is 5.37. The predicted octanol–water partition coefficient (Wildman–Crippen LogP) is 4.45. The summed E-state index contributed by atoms with van der Waals surface area (Å²) in [5.74, 6) is 1.20. The fourth-order valence-electron chi connectivity index (χ4n) is 5.64. The number of carbonyl (C=O) groups is 2. The van der Waals surface area contributed by atoms with Crippen molar-refractivity contribution in [1.29, 1.82) is 0 Å². The van der Waals surface area contributed by atoms with Crippen LogP contribution in [0.2, 0.25) is 0 Å². The molecule has 3 saturated carbocycles. The van der Waals surface area contributed by atoms with Crippen molar-refractivity contribution < 1.29 is 19.4 Å². The van der Waals surface area contributed by atoms with Crippen LogP contribution < -0.4 is 0 Å². The number of ketones is 1. The SMILES string of the molecule is CCCCOC(=O)C1([C@H](O)C=C[C@@H](C)[C@H]2CC[C@H]3C(=O)CCC[C@]23C)CC1. The first-order valence-electron chi connectivity index (χ1n) is 10.9. The zero-order valence-electron chi connectivity index (χ0n) is 17.2. The van der Waals surface area contributed by atoms with Gasteiger partial charge in [-0.25, -0.2) is 0 Å². The van der Waals surface area contributed by atoms with E-state index in [1.54, 1.807) is 0 Å². The maximum absolute atomic E-state index is 12.4. The number of hydrogen-bond donors (Lipinski definition) is 1. The lowest BCUT2D eigenvalue weighted by atomic mass is 9.62. The van der Waals surface area contributed by atoms with E-state index in [-0.39, 0.29) is 17.3 Å². The number of allylic oxidation sites excluding steroid dienone is 1. The van der Waals surface area contributed by atoms with Crippen LogP contribution >= 0.6 is 0 Å². The van der Waals surface area contributed by atoms with Gasteiger partial charge in [-0.15, -0.1) is 0 Å². The van der Waals surface area contributed by atoms with Gasteiger partial charge in [0.2, 0.25) is 0 Å². The Morgan fingerprint density at radius 1 is 1.30 bits per heavy atom. The molecule has 0 heterocycles. The lowest BCUT2D eigenvalue weighted by Gasteiger charge is -2.41. The van der Waals surface area contributed by atoms with Gasteiger partial charge in [0.25, 0.3) is 0 Å².